The van der Waals surface area contributed by atoms with Crippen LogP contribution < -0.4 is 9.47 Å². The maximum atomic E-state index is 13.4. The van der Waals surface area contributed by atoms with Gasteiger partial charge < -0.3 is 13.9 Å². The first kappa shape index (κ1) is 25.3. The largest absolute Gasteiger partial charge is 0.497 e. The minimum absolute atomic E-state index is 0.0329. The van der Waals surface area contributed by atoms with E-state index in [0.29, 0.717) is 34.3 Å². The molecule has 0 saturated heterocycles. The summed E-state index contributed by atoms with van der Waals surface area (Å²) in [5.41, 5.74) is 0.239. The number of rotatable bonds is 9. The van der Waals surface area contributed by atoms with Crippen molar-refractivity contribution in [3.05, 3.63) is 96.1 Å². The number of benzene rings is 3. The summed E-state index contributed by atoms with van der Waals surface area (Å²) < 4.78 is 58.6. The first-order valence-electron chi connectivity index (χ1n) is 11.3. The fourth-order valence-corrected chi connectivity index (χ4v) is 4.33. The molecule has 0 aliphatic heterocycles. The summed E-state index contributed by atoms with van der Waals surface area (Å²) >= 11 is 1.20. The van der Waals surface area contributed by atoms with Gasteiger partial charge in [-0.25, -0.2) is 0 Å². The molecule has 2 heterocycles. The number of methoxy groups -OCH3 is 1. The average Bonchev–Trinajstić information content (AvgIpc) is 3.58. The van der Waals surface area contributed by atoms with E-state index in [9.17, 15) is 13.2 Å². The molecule has 0 spiro atoms. The van der Waals surface area contributed by atoms with Crippen molar-refractivity contribution in [2.45, 2.75) is 23.7 Å². The Hall–Kier alpha value is -4.32. The zero-order valence-electron chi connectivity index (χ0n) is 19.9. The number of hydrogen-bond donors (Lipinski definition) is 0. The zero-order valence-corrected chi connectivity index (χ0v) is 20.7. The molecule has 0 fully saturated rings. The number of hydrogen-bond acceptors (Lipinski definition) is 8. The first-order valence-corrected chi connectivity index (χ1v) is 12.3. The molecule has 2 aromatic heterocycles. The lowest BCUT2D eigenvalue weighted by Gasteiger charge is -2.13. The number of alkyl halides is 3. The van der Waals surface area contributed by atoms with Gasteiger partial charge >= 0.3 is 6.18 Å². The Morgan fingerprint density at radius 3 is 2.37 bits per heavy atom. The third-order valence-electron chi connectivity index (χ3n) is 5.37. The maximum absolute atomic E-state index is 13.4. The van der Waals surface area contributed by atoms with E-state index in [-0.39, 0.29) is 18.0 Å². The smallest absolute Gasteiger partial charge is 0.416 e. The lowest BCUT2D eigenvalue weighted by Crippen LogP contribution is -2.09. The Morgan fingerprint density at radius 1 is 0.868 bits per heavy atom. The van der Waals surface area contributed by atoms with Crippen LogP contribution in [0.15, 0.2) is 88.4 Å². The fourth-order valence-electron chi connectivity index (χ4n) is 3.52. The molecule has 0 radical (unpaired) electrons. The van der Waals surface area contributed by atoms with Crippen LogP contribution in [-0.2, 0) is 18.5 Å². The van der Waals surface area contributed by atoms with Gasteiger partial charge in [0.2, 0.25) is 11.8 Å². The van der Waals surface area contributed by atoms with Crippen LogP contribution in [0.1, 0.15) is 17.3 Å². The normalized spacial score (nSPS) is 11.5. The van der Waals surface area contributed by atoms with Crippen LogP contribution >= 0.6 is 11.8 Å². The van der Waals surface area contributed by atoms with Gasteiger partial charge in [-0.05, 0) is 54.6 Å². The molecule has 3 aromatic carbocycles. The van der Waals surface area contributed by atoms with Gasteiger partial charge in [0.1, 0.15) is 18.1 Å². The monoisotopic (exact) mass is 539 g/mol. The van der Waals surface area contributed by atoms with Crippen LogP contribution in [0.3, 0.4) is 0 Å². The van der Waals surface area contributed by atoms with Crippen LogP contribution in [-0.4, -0.2) is 32.1 Å². The Morgan fingerprint density at radius 2 is 1.63 bits per heavy atom. The van der Waals surface area contributed by atoms with Gasteiger partial charge in [-0.2, -0.15) is 13.2 Å². The number of thioether (sulfide) groups is 1. The van der Waals surface area contributed by atoms with Gasteiger partial charge in [-0.3, -0.25) is 4.57 Å². The number of halogens is 3. The average molecular weight is 540 g/mol. The fraction of sp³-hybridized carbons (Fsp3) is 0.154. The minimum Gasteiger partial charge on any atom is -0.497 e. The van der Waals surface area contributed by atoms with Crippen molar-refractivity contribution in [3.63, 3.8) is 0 Å². The third kappa shape index (κ3) is 5.80. The summed E-state index contributed by atoms with van der Waals surface area (Å²) in [5.74, 6) is 2.46. The van der Waals surface area contributed by atoms with E-state index in [2.05, 4.69) is 20.4 Å². The summed E-state index contributed by atoms with van der Waals surface area (Å²) in [6, 6.07) is 21.2. The molecule has 8 nitrogen and oxygen atoms in total. The molecule has 0 saturated carbocycles. The van der Waals surface area contributed by atoms with E-state index in [1.165, 1.54) is 22.4 Å². The topological polar surface area (TPSA) is 88.1 Å². The van der Waals surface area contributed by atoms with E-state index in [4.69, 9.17) is 13.9 Å². The molecule has 0 atom stereocenters. The van der Waals surface area contributed by atoms with Crippen molar-refractivity contribution in [2.75, 3.05) is 7.11 Å². The summed E-state index contributed by atoms with van der Waals surface area (Å²) in [4.78, 5) is 0. The van der Waals surface area contributed by atoms with Crippen molar-refractivity contribution in [1.29, 1.82) is 0 Å². The van der Waals surface area contributed by atoms with Crippen molar-refractivity contribution in [3.8, 4) is 28.6 Å². The molecule has 0 aliphatic rings. The maximum Gasteiger partial charge on any atom is 0.416 e. The number of aromatic nitrogens is 5. The Labute approximate surface area is 219 Å². The summed E-state index contributed by atoms with van der Waals surface area (Å²) in [7, 11) is 1.56. The van der Waals surface area contributed by atoms with Crippen molar-refractivity contribution >= 4 is 11.8 Å². The van der Waals surface area contributed by atoms with Gasteiger partial charge in [-0.15, -0.1) is 20.4 Å². The molecule has 0 unspecified atom stereocenters. The second-order valence-corrected chi connectivity index (χ2v) is 8.84. The molecule has 5 aromatic rings. The first-order chi connectivity index (χ1) is 18.4. The molecule has 0 N–H and O–H groups in total. The Balaban J connectivity index is 1.41. The predicted molar refractivity (Wildman–Crippen MR) is 133 cm³/mol. The van der Waals surface area contributed by atoms with Crippen LogP contribution in [0.4, 0.5) is 13.2 Å². The highest BCUT2D eigenvalue weighted by Crippen LogP contribution is 2.32. The Bertz CT molecular complexity index is 1500. The second-order valence-electron chi connectivity index (χ2n) is 7.90. The molecular formula is C26H20F3N5O3S. The lowest BCUT2D eigenvalue weighted by atomic mass is 10.2. The second kappa shape index (κ2) is 11.0. The molecule has 194 valence electrons. The quantitative estimate of drug-likeness (QED) is 0.204. The molecule has 0 amide bonds. The Kier molecular flexibility index (Phi) is 7.31. The molecule has 0 bridgehead atoms. The van der Waals surface area contributed by atoms with Crippen LogP contribution in [0.5, 0.6) is 11.5 Å². The van der Waals surface area contributed by atoms with Gasteiger partial charge in [-0.1, -0.05) is 36.0 Å². The molecule has 12 heteroatoms. The van der Waals surface area contributed by atoms with E-state index < -0.39 is 11.7 Å². The SMILES string of the molecule is COc1ccc(OCc2nnc(SCc3nnc(-c4ccccc4)o3)n2-c2cccc(C(F)(F)F)c2)cc1. The van der Waals surface area contributed by atoms with Crippen LogP contribution in [0, 0.1) is 0 Å². The lowest BCUT2D eigenvalue weighted by molar-refractivity contribution is -0.137. The van der Waals surface area contributed by atoms with Gasteiger partial charge in [0.05, 0.1) is 24.1 Å². The van der Waals surface area contributed by atoms with Crippen molar-refractivity contribution in [1.82, 2.24) is 25.0 Å². The van der Waals surface area contributed by atoms with Gasteiger partial charge in [0, 0.05) is 5.56 Å². The highest BCUT2D eigenvalue weighted by molar-refractivity contribution is 7.98. The van der Waals surface area contributed by atoms with E-state index in [0.717, 1.165) is 17.7 Å². The predicted octanol–water partition coefficient (Wildman–Crippen LogP) is 6.22. The third-order valence-corrected chi connectivity index (χ3v) is 6.29. The molecule has 0 aliphatic carbocycles. The summed E-state index contributed by atoms with van der Waals surface area (Å²) in [6.45, 7) is -0.0329. The standard InChI is InChI=1S/C26H20F3N5O3S/c1-35-20-10-12-21(13-11-20)36-15-22-30-33-25(34(22)19-9-5-8-18(14-19)26(27,28)29)38-16-23-31-32-24(37-23)17-6-3-2-4-7-17/h2-14H,15-16H2,1H3. The van der Waals surface area contributed by atoms with Gasteiger partial charge in [0.25, 0.3) is 0 Å². The van der Waals surface area contributed by atoms with E-state index in [1.807, 2.05) is 30.3 Å². The van der Waals surface area contributed by atoms with Crippen LogP contribution in [0.2, 0.25) is 0 Å². The number of ether oxygens (including phenoxy) is 2. The number of nitrogens with zero attached hydrogens (tertiary/aromatic N) is 5. The van der Waals surface area contributed by atoms with Gasteiger partial charge in [0.15, 0.2) is 11.0 Å². The highest BCUT2D eigenvalue weighted by atomic mass is 32.2. The molecular weight excluding hydrogens is 519 g/mol. The van der Waals surface area contributed by atoms with E-state index >= 15 is 0 Å². The molecule has 38 heavy (non-hydrogen) atoms. The van der Waals surface area contributed by atoms with Crippen molar-refractivity contribution < 1.29 is 27.1 Å². The minimum atomic E-state index is -4.51. The van der Waals surface area contributed by atoms with Crippen LogP contribution in [0.25, 0.3) is 17.1 Å². The molecule has 5 rings (SSSR count). The van der Waals surface area contributed by atoms with Crippen molar-refractivity contribution in [2.24, 2.45) is 0 Å². The van der Waals surface area contributed by atoms with E-state index in [1.54, 1.807) is 37.4 Å². The highest BCUT2D eigenvalue weighted by Gasteiger charge is 2.31. The summed E-state index contributed by atoms with van der Waals surface area (Å²) in [6.07, 6.45) is -4.51. The zero-order chi connectivity index (χ0) is 26.5. The summed E-state index contributed by atoms with van der Waals surface area (Å²) in [5, 5.41) is 16.9.